The second-order valence-corrected chi connectivity index (χ2v) is 4.62. The molecule has 1 rings (SSSR count). The largest absolute Gasteiger partial charge is 0.291 e. The van der Waals surface area contributed by atoms with Gasteiger partial charge >= 0.3 is 0 Å². The van der Waals surface area contributed by atoms with Crippen LogP contribution in [-0.4, -0.2) is 6.29 Å². The molecule has 97 valence electrons. The van der Waals surface area contributed by atoms with E-state index in [4.69, 9.17) is 0 Å². The SMILES string of the molecule is O=[C]CCCCCCCC/C=C/c1ccccc1. The molecule has 1 aromatic rings. The van der Waals surface area contributed by atoms with Crippen molar-refractivity contribution in [2.45, 2.75) is 51.4 Å². The molecule has 0 aliphatic rings. The zero-order valence-corrected chi connectivity index (χ0v) is 11.1. The summed E-state index contributed by atoms with van der Waals surface area (Å²) in [4.78, 5) is 10.00. The van der Waals surface area contributed by atoms with Gasteiger partial charge in [0, 0.05) is 6.42 Å². The molecular weight excluding hydrogens is 220 g/mol. The molecule has 0 saturated heterocycles. The lowest BCUT2D eigenvalue weighted by atomic mass is 10.1. The van der Waals surface area contributed by atoms with Gasteiger partial charge in [0.1, 0.15) is 0 Å². The van der Waals surface area contributed by atoms with Gasteiger partial charge in [0.15, 0.2) is 6.29 Å². The monoisotopic (exact) mass is 243 g/mol. The lowest BCUT2D eigenvalue weighted by Gasteiger charge is -1.98. The number of hydrogen-bond donors (Lipinski definition) is 0. The number of carbonyl (C=O) groups excluding carboxylic acids is 1. The number of unbranched alkanes of at least 4 members (excludes halogenated alkanes) is 7. The van der Waals surface area contributed by atoms with Gasteiger partial charge in [-0.15, -0.1) is 0 Å². The lowest BCUT2D eigenvalue weighted by molar-refractivity contribution is 0.541. The minimum absolute atomic E-state index is 0.611. The van der Waals surface area contributed by atoms with Gasteiger partial charge in [-0.2, -0.15) is 0 Å². The molecule has 0 fully saturated rings. The molecule has 1 radical (unpaired) electrons. The van der Waals surface area contributed by atoms with Crippen molar-refractivity contribution >= 4 is 12.4 Å². The topological polar surface area (TPSA) is 17.1 Å². The van der Waals surface area contributed by atoms with Gasteiger partial charge < -0.3 is 0 Å². The van der Waals surface area contributed by atoms with E-state index in [0.29, 0.717) is 6.42 Å². The van der Waals surface area contributed by atoms with Crippen LogP contribution in [0.4, 0.5) is 0 Å². The molecule has 0 unspecified atom stereocenters. The van der Waals surface area contributed by atoms with E-state index in [1.165, 1.54) is 37.7 Å². The summed E-state index contributed by atoms with van der Waals surface area (Å²) < 4.78 is 0. The molecule has 18 heavy (non-hydrogen) atoms. The zero-order chi connectivity index (χ0) is 12.9. The van der Waals surface area contributed by atoms with Gasteiger partial charge in [-0.3, -0.25) is 4.79 Å². The van der Waals surface area contributed by atoms with Crippen LogP contribution in [0.1, 0.15) is 56.9 Å². The molecule has 0 saturated carbocycles. The van der Waals surface area contributed by atoms with Crippen molar-refractivity contribution in [2.24, 2.45) is 0 Å². The summed E-state index contributed by atoms with van der Waals surface area (Å²) in [6.07, 6.45) is 15.5. The van der Waals surface area contributed by atoms with E-state index < -0.39 is 0 Å². The number of rotatable bonds is 10. The first-order valence-corrected chi connectivity index (χ1v) is 7.00. The van der Waals surface area contributed by atoms with E-state index in [9.17, 15) is 4.79 Å². The maximum Gasteiger partial charge on any atom is 0.198 e. The highest BCUT2D eigenvalue weighted by Crippen LogP contribution is 2.09. The molecule has 0 spiro atoms. The predicted octanol–water partition coefficient (Wildman–Crippen LogP) is 4.93. The highest BCUT2D eigenvalue weighted by Gasteiger charge is 1.90. The Labute approximate surface area is 111 Å². The fourth-order valence-electron chi connectivity index (χ4n) is 1.95. The lowest BCUT2D eigenvalue weighted by Crippen LogP contribution is -1.80. The molecule has 0 aliphatic heterocycles. The summed E-state index contributed by atoms with van der Waals surface area (Å²) >= 11 is 0. The minimum Gasteiger partial charge on any atom is -0.291 e. The Morgan fingerprint density at radius 3 is 2.28 bits per heavy atom. The molecule has 0 N–H and O–H groups in total. The van der Waals surface area contributed by atoms with Crippen LogP contribution >= 0.6 is 0 Å². The molecule has 0 aliphatic carbocycles. The molecular formula is C17H23O. The molecule has 0 bridgehead atoms. The smallest absolute Gasteiger partial charge is 0.198 e. The van der Waals surface area contributed by atoms with E-state index in [2.05, 4.69) is 36.4 Å². The van der Waals surface area contributed by atoms with Gasteiger partial charge in [0.25, 0.3) is 0 Å². The van der Waals surface area contributed by atoms with Crippen molar-refractivity contribution in [1.29, 1.82) is 0 Å². The van der Waals surface area contributed by atoms with E-state index in [1.807, 2.05) is 12.4 Å². The molecule has 0 aromatic heterocycles. The third-order valence-corrected chi connectivity index (χ3v) is 3.01. The number of hydrogen-bond acceptors (Lipinski definition) is 1. The van der Waals surface area contributed by atoms with E-state index in [0.717, 1.165) is 12.8 Å². The van der Waals surface area contributed by atoms with Crippen LogP contribution in [-0.2, 0) is 4.79 Å². The predicted molar refractivity (Wildman–Crippen MR) is 78.1 cm³/mol. The molecule has 1 aromatic carbocycles. The van der Waals surface area contributed by atoms with Gasteiger partial charge in [-0.05, 0) is 24.8 Å². The highest BCUT2D eigenvalue weighted by atomic mass is 16.1. The van der Waals surface area contributed by atoms with Gasteiger partial charge in [-0.1, -0.05) is 68.2 Å². The Morgan fingerprint density at radius 1 is 0.889 bits per heavy atom. The quantitative estimate of drug-likeness (QED) is 0.532. The number of benzene rings is 1. The van der Waals surface area contributed by atoms with Crippen LogP contribution < -0.4 is 0 Å². The maximum absolute atomic E-state index is 10.00. The van der Waals surface area contributed by atoms with Crippen molar-refractivity contribution in [3.05, 3.63) is 42.0 Å². The molecule has 1 nitrogen and oxygen atoms in total. The summed E-state index contributed by atoms with van der Waals surface area (Å²) in [5.41, 5.74) is 1.28. The Balaban J connectivity index is 1.92. The minimum atomic E-state index is 0.611. The third kappa shape index (κ3) is 7.83. The molecule has 1 heteroatoms. The fraction of sp³-hybridized carbons (Fsp3) is 0.471. The fourth-order valence-corrected chi connectivity index (χ4v) is 1.95. The zero-order valence-electron chi connectivity index (χ0n) is 11.1. The Bertz CT molecular complexity index is 327. The standard InChI is InChI=1S/C17H23O/c18-16-12-7-5-3-1-2-4-6-9-13-17-14-10-8-11-15-17/h8-11,13-15H,1-7,12H2/b13-9+. The van der Waals surface area contributed by atoms with Crippen LogP contribution in [0.5, 0.6) is 0 Å². The van der Waals surface area contributed by atoms with E-state index in [1.54, 1.807) is 0 Å². The first kappa shape index (κ1) is 14.7. The van der Waals surface area contributed by atoms with Crippen LogP contribution in [0.25, 0.3) is 6.08 Å². The Kier molecular flexibility index (Phi) is 8.78. The first-order chi connectivity index (χ1) is 8.93. The van der Waals surface area contributed by atoms with Crippen molar-refractivity contribution in [3.8, 4) is 0 Å². The Hall–Kier alpha value is -1.37. The van der Waals surface area contributed by atoms with Gasteiger partial charge in [0.2, 0.25) is 0 Å². The second kappa shape index (κ2) is 10.8. The van der Waals surface area contributed by atoms with Crippen molar-refractivity contribution in [3.63, 3.8) is 0 Å². The van der Waals surface area contributed by atoms with Gasteiger partial charge in [0.05, 0.1) is 0 Å². The van der Waals surface area contributed by atoms with Crippen molar-refractivity contribution in [1.82, 2.24) is 0 Å². The maximum atomic E-state index is 10.00. The summed E-state index contributed by atoms with van der Waals surface area (Å²) in [5.74, 6) is 0. The molecule has 0 heterocycles. The summed E-state index contributed by atoms with van der Waals surface area (Å²) in [6, 6.07) is 10.4. The third-order valence-electron chi connectivity index (χ3n) is 3.01. The van der Waals surface area contributed by atoms with Crippen LogP contribution in [0.15, 0.2) is 36.4 Å². The molecule has 0 amide bonds. The average Bonchev–Trinajstić information content (AvgIpc) is 2.42. The van der Waals surface area contributed by atoms with Crippen molar-refractivity contribution in [2.75, 3.05) is 0 Å². The van der Waals surface area contributed by atoms with Crippen LogP contribution in [0.3, 0.4) is 0 Å². The Morgan fingerprint density at radius 2 is 1.56 bits per heavy atom. The normalized spacial score (nSPS) is 10.9. The van der Waals surface area contributed by atoms with E-state index in [-0.39, 0.29) is 0 Å². The van der Waals surface area contributed by atoms with Crippen LogP contribution in [0.2, 0.25) is 0 Å². The number of allylic oxidation sites excluding steroid dienone is 1. The van der Waals surface area contributed by atoms with E-state index >= 15 is 0 Å². The molecule has 0 atom stereocenters. The summed E-state index contributed by atoms with van der Waals surface area (Å²) in [5, 5.41) is 0. The average molecular weight is 243 g/mol. The highest BCUT2D eigenvalue weighted by molar-refractivity contribution is 5.50. The first-order valence-electron chi connectivity index (χ1n) is 7.00. The van der Waals surface area contributed by atoms with Gasteiger partial charge in [-0.25, -0.2) is 0 Å². The van der Waals surface area contributed by atoms with Crippen molar-refractivity contribution < 1.29 is 4.79 Å². The second-order valence-electron chi connectivity index (χ2n) is 4.62. The summed E-state index contributed by atoms with van der Waals surface area (Å²) in [6.45, 7) is 0. The van der Waals surface area contributed by atoms with Crippen LogP contribution in [0, 0.1) is 0 Å². The summed E-state index contributed by atoms with van der Waals surface area (Å²) in [7, 11) is 0.